The second kappa shape index (κ2) is 16.8. The molecule has 0 bridgehead atoms. The van der Waals surface area contributed by atoms with Crippen molar-refractivity contribution in [3.8, 4) is 28.0 Å². The number of fused-ring (bicyclic) bond motifs is 2. The Morgan fingerprint density at radius 3 is 1.90 bits per heavy atom. The van der Waals surface area contributed by atoms with Crippen molar-refractivity contribution in [3.05, 3.63) is 72.2 Å². The van der Waals surface area contributed by atoms with Gasteiger partial charge >= 0.3 is 12.2 Å². The molecule has 0 saturated carbocycles. The highest BCUT2D eigenvalue weighted by atomic mass is 16.5. The van der Waals surface area contributed by atoms with Gasteiger partial charge in [0.15, 0.2) is 0 Å². The van der Waals surface area contributed by atoms with E-state index in [0.717, 1.165) is 87.1 Å². The fraction of sp³-hybridized carbons (Fsp3) is 0.432. The van der Waals surface area contributed by atoms with Crippen LogP contribution in [0.3, 0.4) is 0 Å². The second-order valence-electron chi connectivity index (χ2n) is 15.9. The minimum Gasteiger partial charge on any atom is -0.496 e. The summed E-state index contributed by atoms with van der Waals surface area (Å²) in [6, 6.07) is 18.9. The van der Waals surface area contributed by atoms with Crippen molar-refractivity contribution in [1.29, 1.82) is 0 Å². The standard InChI is InChI=1S/C44H53N7O7/c1-24(2)38(48-43(54)57-6)41(52)50-18-8-10-35(50)34-22-29-20-28(14-16-31(29)45-34)30-15-12-27(23-37(30)56-5)26-13-17-32-33(21-26)47-40(46-32)36-11-9-19-51(36)42(53)39(25(3)4)49-44(55)58-7/h12-17,20-25,35-36,38-39,45H,8-11,18-19H2,1-7H3,(H,46,47)(H,48,54)(H,49,55)/t35-,36-,38-,39-/m0/s1. The third-order valence-electron chi connectivity index (χ3n) is 11.5. The maximum Gasteiger partial charge on any atom is 0.407 e. The van der Waals surface area contributed by atoms with Gasteiger partial charge in [-0.2, -0.15) is 0 Å². The van der Waals surface area contributed by atoms with E-state index in [2.05, 4.69) is 63.1 Å². The number of nitrogens with one attached hydrogen (secondary N) is 4. The molecule has 2 saturated heterocycles. The average molecular weight is 792 g/mol. The Labute approximate surface area is 338 Å². The van der Waals surface area contributed by atoms with Crippen LogP contribution >= 0.6 is 0 Å². The molecular weight excluding hydrogens is 739 g/mol. The first-order chi connectivity index (χ1) is 27.9. The third-order valence-corrected chi connectivity index (χ3v) is 11.5. The van der Waals surface area contributed by atoms with Crippen molar-refractivity contribution in [1.82, 2.24) is 35.4 Å². The quantitative estimate of drug-likeness (QED) is 0.107. The van der Waals surface area contributed by atoms with Crippen LogP contribution in [0, 0.1) is 11.8 Å². The number of rotatable bonds is 11. The van der Waals surface area contributed by atoms with Crippen molar-refractivity contribution in [2.45, 2.75) is 77.5 Å². The van der Waals surface area contributed by atoms with E-state index in [-0.39, 0.29) is 35.7 Å². The molecule has 0 radical (unpaired) electrons. The highest BCUT2D eigenvalue weighted by molar-refractivity contribution is 5.90. The van der Waals surface area contributed by atoms with Gasteiger partial charge in [-0.05, 0) is 90.6 Å². The predicted molar refractivity (Wildman–Crippen MR) is 221 cm³/mol. The molecule has 2 aliphatic rings. The summed E-state index contributed by atoms with van der Waals surface area (Å²) in [6.45, 7) is 8.83. The summed E-state index contributed by atoms with van der Waals surface area (Å²) in [5, 5.41) is 6.45. The number of aromatic nitrogens is 3. The zero-order valence-corrected chi connectivity index (χ0v) is 34.2. The van der Waals surface area contributed by atoms with Crippen LogP contribution < -0.4 is 15.4 Å². The minimum atomic E-state index is -0.702. The zero-order valence-electron chi connectivity index (χ0n) is 34.2. The average Bonchev–Trinajstić information content (AvgIpc) is 4.05. The van der Waals surface area contributed by atoms with Gasteiger partial charge in [-0.25, -0.2) is 14.6 Å². The maximum atomic E-state index is 13.7. The third kappa shape index (κ3) is 7.92. The molecule has 14 heteroatoms. The molecule has 4 amide bonds. The Morgan fingerprint density at radius 2 is 1.28 bits per heavy atom. The largest absolute Gasteiger partial charge is 0.496 e. The van der Waals surface area contributed by atoms with Crippen LogP contribution in [-0.4, -0.2) is 95.3 Å². The van der Waals surface area contributed by atoms with Crippen molar-refractivity contribution < 1.29 is 33.4 Å². The van der Waals surface area contributed by atoms with E-state index in [4.69, 9.17) is 19.2 Å². The van der Waals surface area contributed by atoms with E-state index >= 15 is 0 Å². The van der Waals surface area contributed by atoms with E-state index in [1.54, 1.807) is 7.11 Å². The van der Waals surface area contributed by atoms with Gasteiger partial charge in [-0.3, -0.25) is 9.59 Å². The van der Waals surface area contributed by atoms with Crippen LogP contribution in [0.15, 0.2) is 60.7 Å². The lowest BCUT2D eigenvalue weighted by Crippen LogP contribution is -2.51. The van der Waals surface area contributed by atoms with E-state index in [1.165, 1.54) is 14.2 Å². The molecule has 0 spiro atoms. The molecule has 306 valence electrons. The van der Waals surface area contributed by atoms with Gasteiger partial charge < -0.3 is 44.6 Å². The molecule has 2 aliphatic heterocycles. The van der Waals surface area contributed by atoms with Crippen molar-refractivity contribution in [3.63, 3.8) is 0 Å². The first-order valence-corrected chi connectivity index (χ1v) is 20.0. The molecule has 3 aromatic carbocycles. The number of benzene rings is 3. The number of H-pyrrole nitrogens is 2. The topological polar surface area (TPSA) is 171 Å². The number of imidazole rings is 1. The Kier molecular flexibility index (Phi) is 11.6. The van der Waals surface area contributed by atoms with Crippen molar-refractivity contribution in [2.75, 3.05) is 34.4 Å². The minimum absolute atomic E-state index is 0.102. The van der Waals surface area contributed by atoms with E-state index < -0.39 is 24.3 Å². The van der Waals surface area contributed by atoms with Gasteiger partial charge in [0.05, 0.1) is 44.4 Å². The zero-order chi connectivity index (χ0) is 41.2. The van der Waals surface area contributed by atoms with Gasteiger partial charge in [0.1, 0.15) is 23.7 Å². The number of aromatic amines is 2. The van der Waals surface area contributed by atoms with Gasteiger partial charge in [-0.1, -0.05) is 52.0 Å². The van der Waals surface area contributed by atoms with E-state index in [0.29, 0.717) is 13.1 Å². The number of carbonyl (C=O) groups excluding carboxylic acids is 4. The maximum absolute atomic E-state index is 13.7. The summed E-state index contributed by atoms with van der Waals surface area (Å²) in [4.78, 5) is 67.0. The lowest BCUT2D eigenvalue weighted by atomic mass is 9.98. The second-order valence-corrected chi connectivity index (χ2v) is 15.9. The first kappa shape index (κ1) is 40.2. The molecule has 4 atom stereocenters. The predicted octanol–water partition coefficient (Wildman–Crippen LogP) is 7.48. The Hall–Kier alpha value is -6.05. The monoisotopic (exact) mass is 791 g/mol. The molecular formula is C44H53N7O7. The number of nitrogens with zero attached hydrogens (tertiary/aromatic N) is 3. The van der Waals surface area contributed by atoms with Crippen LogP contribution in [-0.2, 0) is 19.1 Å². The molecule has 14 nitrogen and oxygen atoms in total. The number of ether oxygens (including phenoxy) is 3. The molecule has 7 rings (SSSR count). The summed E-state index contributed by atoms with van der Waals surface area (Å²) < 4.78 is 15.5. The van der Waals surface area contributed by atoms with Crippen molar-refractivity contribution in [2.24, 2.45) is 11.8 Å². The Balaban J connectivity index is 1.11. The van der Waals surface area contributed by atoms with Crippen LogP contribution in [0.1, 0.15) is 77.0 Å². The molecule has 2 aromatic heterocycles. The number of hydrogen-bond donors (Lipinski definition) is 4. The number of likely N-dealkylation sites (tertiary alicyclic amines) is 2. The van der Waals surface area contributed by atoms with Gasteiger partial charge in [0.2, 0.25) is 11.8 Å². The molecule has 2 fully saturated rings. The summed E-state index contributed by atoms with van der Waals surface area (Å²) in [5.74, 6) is 0.966. The first-order valence-electron chi connectivity index (χ1n) is 20.0. The summed E-state index contributed by atoms with van der Waals surface area (Å²) in [6.07, 6.45) is 2.05. The van der Waals surface area contributed by atoms with Crippen LogP contribution in [0.4, 0.5) is 9.59 Å². The lowest BCUT2D eigenvalue weighted by molar-refractivity contribution is -0.136. The summed E-state index contributed by atoms with van der Waals surface area (Å²) in [5.41, 5.74) is 7.49. The Bertz CT molecular complexity index is 2330. The summed E-state index contributed by atoms with van der Waals surface area (Å²) >= 11 is 0. The van der Waals surface area contributed by atoms with Gasteiger partial charge in [0.25, 0.3) is 0 Å². The molecule has 58 heavy (non-hydrogen) atoms. The number of hydrogen-bond acceptors (Lipinski definition) is 8. The van der Waals surface area contributed by atoms with E-state index in [1.807, 2.05) is 55.7 Å². The highest BCUT2D eigenvalue weighted by Crippen LogP contribution is 2.39. The smallest absolute Gasteiger partial charge is 0.407 e. The van der Waals surface area contributed by atoms with Gasteiger partial charge in [-0.15, -0.1) is 0 Å². The molecule has 0 aliphatic carbocycles. The highest BCUT2D eigenvalue weighted by Gasteiger charge is 2.39. The number of methoxy groups -OCH3 is 3. The van der Waals surface area contributed by atoms with Crippen LogP contribution in [0.2, 0.25) is 0 Å². The van der Waals surface area contributed by atoms with Crippen molar-refractivity contribution >= 4 is 45.9 Å². The molecule has 4 heterocycles. The van der Waals surface area contributed by atoms with Gasteiger partial charge in [0, 0.05) is 35.2 Å². The molecule has 4 N–H and O–H groups in total. The molecule has 5 aromatic rings. The number of amides is 4. The Morgan fingerprint density at radius 1 is 0.690 bits per heavy atom. The fourth-order valence-corrected chi connectivity index (χ4v) is 8.40. The summed E-state index contributed by atoms with van der Waals surface area (Å²) in [7, 11) is 4.26. The van der Waals surface area contributed by atoms with E-state index in [9.17, 15) is 19.2 Å². The number of carbonyl (C=O) groups is 4. The lowest BCUT2D eigenvalue weighted by Gasteiger charge is -2.30. The molecule has 0 unspecified atom stereocenters. The normalized spacial score (nSPS) is 17.9. The van der Waals surface area contributed by atoms with Crippen LogP contribution in [0.5, 0.6) is 5.75 Å². The van der Waals surface area contributed by atoms with Crippen LogP contribution in [0.25, 0.3) is 44.2 Å². The fourth-order valence-electron chi connectivity index (χ4n) is 8.40. The number of alkyl carbamates (subject to hydrolysis) is 2. The SMILES string of the molecule is COC(=O)N[C@H](C(=O)N1CCC[C@H]1c1cc2cc(-c3ccc(-c4ccc5nc([C@@H]6CCCN6C(=O)[C@@H](NC(=O)OC)C(C)C)[nH]c5c4)cc3OC)ccc2[nH]1)C(C)C.